The number of carbonyl (C=O) groups excluding carboxylic acids is 2. The summed E-state index contributed by atoms with van der Waals surface area (Å²) in [5.74, 6) is -0.510. The Hall–Kier alpha value is -3.59. The van der Waals surface area contributed by atoms with Gasteiger partial charge in [0.15, 0.2) is 0 Å². The summed E-state index contributed by atoms with van der Waals surface area (Å²) in [4.78, 5) is 23.7. The molecule has 6 nitrogen and oxygen atoms in total. The minimum absolute atomic E-state index is 0.0725. The van der Waals surface area contributed by atoms with Gasteiger partial charge in [-0.15, -0.1) is 0 Å². The fourth-order valence-electron chi connectivity index (χ4n) is 2.09. The quantitative estimate of drug-likeness (QED) is 0.515. The molecule has 2 aromatic rings. The molecule has 0 saturated heterocycles. The van der Waals surface area contributed by atoms with Crippen LogP contribution < -0.4 is 10.1 Å². The fraction of sp³-hybridized carbons (Fsp3) is 0.105. The number of amides is 1. The molecule has 0 aliphatic heterocycles. The number of ether oxygens (including phenoxy) is 2. The Balaban J connectivity index is 2.20. The largest absolute Gasteiger partial charge is 0.495 e. The Morgan fingerprint density at radius 2 is 1.76 bits per heavy atom. The number of nitriles is 1. The van der Waals surface area contributed by atoms with Gasteiger partial charge in [-0.05, 0) is 35.9 Å². The first-order valence-corrected chi connectivity index (χ1v) is 7.33. The second-order valence-corrected chi connectivity index (χ2v) is 4.94. The molecular weight excluding hydrogens is 320 g/mol. The molecule has 0 aromatic heterocycles. The highest BCUT2D eigenvalue weighted by molar-refractivity contribution is 6.10. The van der Waals surface area contributed by atoms with Gasteiger partial charge in [-0.3, -0.25) is 4.79 Å². The number of carbonyl (C=O) groups is 2. The van der Waals surface area contributed by atoms with E-state index in [-0.39, 0.29) is 5.57 Å². The summed E-state index contributed by atoms with van der Waals surface area (Å²) in [6.45, 7) is 0. The number of nitrogens with zero attached hydrogens (tertiary/aromatic N) is 1. The molecule has 0 aliphatic rings. The number of rotatable bonds is 5. The van der Waals surface area contributed by atoms with Gasteiger partial charge in [0.25, 0.3) is 5.91 Å². The molecule has 0 bridgehead atoms. The molecule has 0 unspecified atom stereocenters. The lowest BCUT2D eigenvalue weighted by molar-refractivity contribution is -0.112. The van der Waals surface area contributed by atoms with Gasteiger partial charge >= 0.3 is 5.97 Å². The third kappa shape index (κ3) is 4.45. The number of benzene rings is 2. The predicted octanol–water partition coefficient (Wildman–Crippen LogP) is 3.03. The lowest BCUT2D eigenvalue weighted by Crippen LogP contribution is -2.14. The number of para-hydroxylation sites is 2. The average Bonchev–Trinajstić information content (AvgIpc) is 2.66. The third-order valence-corrected chi connectivity index (χ3v) is 3.36. The van der Waals surface area contributed by atoms with E-state index in [4.69, 9.17) is 4.74 Å². The standard InChI is InChI=1S/C19H16N2O4/c1-24-17-6-4-3-5-16(17)21-18(22)15(12-20)11-13-7-9-14(10-8-13)19(23)25-2/h3-11H,1-2H3,(H,21,22)/b15-11+. The first-order chi connectivity index (χ1) is 12.1. The maximum atomic E-state index is 12.3. The summed E-state index contributed by atoms with van der Waals surface area (Å²) < 4.78 is 9.79. The SMILES string of the molecule is COC(=O)c1ccc(/C=C(\C#N)C(=O)Nc2ccccc2OC)cc1. The van der Waals surface area contributed by atoms with Crippen LogP contribution in [0.15, 0.2) is 54.1 Å². The lowest BCUT2D eigenvalue weighted by Gasteiger charge is -2.09. The average molecular weight is 336 g/mol. The molecule has 0 radical (unpaired) electrons. The van der Waals surface area contributed by atoms with E-state index in [0.29, 0.717) is 22.6 Å². The molecule has 1 amide bonds. The summed E-state index contributed by atoms with van der Waals surface area (Å²) in [5, 5.41) is 11.9. The number of hydrogen-bond donors (Lipinski definition) is 1. The van der Waals surface area contributed by atoms with Crippen molar-refractivity contribution in [1.29, 1.82) is 5.26 Å². The van der Waals surface area contributed by atoms with Crippen molar-refractivity contribution >= 4 is 23.6 Å². The van der Waals surface area contributed by atoms with Gasteiger partial charge in [-0.1, -0.05) is 24.3 Å². The van der Waals surface area contributed by atoms with Crippen LogP contribution in [0.25, 0.3) is 6.08 Å². The minimum Gasteiger partial charge on any atom is -0.495 e. The Kier molecular flexibility index (Phi) is 5.91. The highest BCUT2D eigenvalue weighted by Gasteiger charge is 2.12. The molecule has 0 atom stereocenters. The molecule has 6 heteroatoms. The van der Waals surface area contributed by atoms with E-state index in [1.54, 1.807) is 48.5 Å². The van der Waals surface area contributed by atoms with Crippen molar-refractivity contribution in [2.75, 3.05) is 19.5 Å². The third-order valence-electron chi connectivity index (χ3n) is 3.36. The Morgan fingerprint density at radius 3 is 2.36 bits per heavy atom. The minimum atomic E-state index is -0.552. The molecule has 0 heterocycles. The van der Waals surface area contributed by atoms with E-state index in [1.165, 1.54) is 20.3 Å². The van der Waals surface area contributed by atoms with Crippen molar-refractivity contribution in [3.63, 3.8) is 0 Å². The molecule has 1 N–H and O–H groups in total. The van der Waals surface area contributed by atoms with Crippen LogP contribution in [0, 0.1) is 11.3 Å². The summed E-state index contributed by atoms with van der Waals surface area (Å²) in [7, 11) is 2.79. The van der Waals surface area contributed by atoms with Crippen LogP contribution in [0.3, 0.4) is 0 Å². The van der Waals surface area contributed by atoms with Crippen LogP contribution in [-0.2, 0) is 9.53 Å². The monoisotopic (exact) mass is 336 g/mol. The predicted molar refractivity (Wildman–Crippen MR) is 93.0 cm³/mol. The van der Waals surface area contributed by atoms with E-state index >= 15 is 0 Å². The van der Waals surface area contributed by atoms with Gasteiger partial charge in [0, 0.05) is 0 Å². The zero-order valence-electron chi connectivity index (χ0n) is 13.8. The highest BCUT2D eigenvalue weighted by atomic mass is 16.5. The van der Waals surface area contributed by atoms with Crippen LogP contribution in [0.5, 0.6) is 5.75 Å². The van der Waals surface area contributed by atoms with Crippen molar-refractivity contribution in [3.05, 3.63) is 65.2 Å². The molecule has 0 spiro atoms. The normalized spacial score (nSPS) is 10.5. The van der Waals surface area contributed by atoms with Gasteiger partial charge < -0.3 is 14.8 Å². The second-order valence-electron chi connectivity index (χ2n) is 4.94. The van der Waals surface area contributed by atoms with Crippen molar-refractivity contribution in [2.24, 2.45) is 0 Å². The number of methoxy groups -OCH3 is 2. The topological polar surface area (TPSA) is 88.4 Å². The van der Waals surface area contributed by atoms with Crippen LogP contribution in [0.4, 0.5) is 5.69 Å². The van der Waals surface area contributed by atoms with Crippen molar-refractivity contribution < 1.29 is 19.1 Å². The van der Waals surface area contributed by atoms with E-state index in [2.05, 4.69) is 10.1 Å². The molecular formula is C19H16N2O4. The maximum absolute atomic E-state index is 12.3. The number of esters is 1. The highest BCUT2D eigenvalue weighted by Crippen LogP contribution is 2.23. The van der Waals surface area contributed by atoms with Gasteiger partial charge in [-0.2, -0.15) is 5.26 Å². The number of hydrogen-bond acceptors (Lipinski definition) is 5. The zero-order chi connectivity index (χ0) is 18.2. The van der Waals surface area contributed by atoms with E-state index in [0.717, 1.165) is 0 Å². The Labute approximate surface area is 145 Å². The lowest BCUT2D eigenvalue weighted by atomic mass is 10.1. The van der Waals surface area contributed by atoms with Crippen LogP contribution in [-0.4, -0.2) is 26.1 Å². The smallest absolute Gasteiger partial charge is 0.337 e. The van der Waals surface area contributed by atoms with Crippen molar-refractivity contribution in [2.45, 2.75) is 0 Å². The molecule has 2 rings (SSSR count). The summed E-state index contributed by atoms with van der Waals surface area (Å²) in [5.41, 5.74) is 1.39. The van der Waals surface area contributed by atoms with Gasteiger partial charge in [0.2, 0.25) is 0 Å². The summed E-state index contributed by atoms with van der Waals surface area (Å²) >= 11 is 0. The fourth-order valence-corrected chi connectivity index (χ4v) is 2.09. The van der Waals surface area contributed by atoms with Crippen molar-refractivity contribution in [3.8, 4) is 11.8 Å². The van der Waals surface area contributed by atoms with Crippen LogP contribution in [0.1, 0.15) is 15.9 Å². The number of nitrogens with one attached hydrogen (secondary N) is 1. The molecule has 126 valence electrons. The van der Waals surface area contributed by atoms with E-state index in [1.807, 2.05) is 6.07 Å². The molecule has 0 fully saturated rings. The Morgan fingerprint density at radius 1 is 1.08 bits per heavy atom. The van der Waals surface area contributed by atoms with E-state index in [9.17, 15) is 14.9 Å². The molecule has 0 aliphatic carbocycles. The van der Waals surface area contributed by atoms with Crippen LogP contribution in [0.2, 0.25) is 0 Å². The first kappa shape index (κ1) is 17.8. The summed E-state index contributed by atoms with van der Waals surface area (Å²) in [6, 6.07) is 15.2. The number of anilines is 1. The maximum Gasteiger partial charge on any atom is 0.337 e. The van der Waals surface area contributed by atoms with Gasteiger partial charge in [0.1, 0.15) is 17.4 Å². The first-order valence-electron chi connectivity index (χ1n) is 7.33. The van der Waals surface area contributed by atoms with Crippen LogP contribution >= 0.6 is 0 Å². The van der Waals surface area contributed by atoms with E-state index < -0.39 is 11.9 Å². The zero-order valence-corrected chi connectivity index (χ0v) is 13.8. The summed E-state index contributed by atoms with van der Waals surface area (Å²) in [6.07, 6.45) is 1.44. The Bertz CT molecular complexity index is 848. The second kappa shape index (κ2) is 8.31. The molecule has 0 saturated carbocycles. The molecule has 2 aromatic carbocycles. The van der Waals surface area contributed by atoms with Crippen molar-refractivity contribution in [1.82, 2.24) is 0 Å². The van der Waals surface area contributed by atoms with Gasteiger partial charge in [-0.25, -0.2) is 4.79 Å². The van der Waals surface area contributed by atoms with Gasteiger partial charge in [0.05, 0.1) is 25.5 Å². The molecule has 25 heavy (non-hydrogen) atoms.